The molecule has 0 bridgehead atoms. The summed E-state index contributed by atoms with van der Waals surface area (Å²) in [5.74, 6) is 0. The Labute approximate surface area is 201 Å². The van der Waals surface area contributed by atoms with E-state index in [1.54, 1.807) is 6.07 Å². The quantitative estimate of drug-likeness (QED) is 0.230. The van der Waals surface area contributed by atoms with Crippen LogP contribution < -0.4 is 5.30 Å². The first-order chi connectivity index (χ1) is 16.0. The Kier molecular flexibility index (Phi) is 9.41. The van der Waals surface area contributed by atoms with Crippen molar-refractivity contribution in [2.45, 2.75) is 79.1 Å². The maximum atomic E-state index is 12.5. The van der Waals surface area contributed by atoms with Crippen molar-refractivity contribution >= 4 is 13.3 Å². The smallest absolute Gasteiger partial charge is 0.156 e. The first kappa shape index (κ1) is 25.3. The maximum absolute atomic E-state index is 12.5. The Morgan fingerprint density at radius 2 is 1.15 bits per heavy atom. The van der Waals surface area contributed by atoms with E-state index >= 15 is 0 Å². The summed E-state index contributed by atoms with van der Waals surface area (Å²) in [7, 11) is -2.46. The molecule has 33 heavy (non-hydrogen) atoms. The molecule has 1 N–H and O–H groups in total. The highest BCUT2D eigenvalue weighted by molar-refractivity contribution is 7.47. The molecule has 0 aliphatic rings. The molecule has 3 aromatic carbocycles. The van der Waals surface area contributed by atoms with Crippen molar-refractivity contribution in [2.75, 3.05) is 0 Å². The van der Waals surface area contributed by atoms with Gasteiger partial charge < -0.3 is 0 Å². The van der Waals surface area contributed by atoms with Gasteiger partial charge in [-0.2, -0.15) is 4.89 Å². The number of hydrogen-bond acceptors (Lipinski definition) is 1. The van der Waals surface area contributed by atoms with Crippen LogP contribution in [0, 0.1) is 13.8 Å². The Morgan fingerprint density at radius 3 is 1.70 bits per heavy atom. The van der Waals surface area contributed by atoms with Gasteiger partial charge in [-0.25, -0.2) is 0 Å². The van der Waals surface area contributed by atoms with Crippen molar-refractivity contribution in [1.29, 1.82) is 0 Å². The van der Waals surface area contributed by atoms with Gasteiger partial charge in [-0.15, -0.1) is 0 Å². The van der Waals surface area contributed by atoms with Gasteiger partial charge >= 0.3 is 8.03 Å². The fourth-order valence-corrected chi connectivity index (χ4v) is 5.45. The van der Waals surface area contributed by atoms with Crippen molar-refractivity contribution in [3.8, 4) is 22.3 Å². The molecule has 0 aliphatic carbocycles. The summed E-state index contributed by atoms with van der Waals surface area (Å²) in [6, 6.07) is 18.8. The fourth-order valence-electron chi connectivity index (χ4n) is 4.81. The standard InChI is InChI=1S/C30H37O2P/c1-5-7-9-14-24-16-11-18-26(22(24)3)28-20-13-21-29(33(31)32)30(28)27-19-12-17-25(23(27)4)15-10-8-6-2/h11-13,16-21H,5-10,14-15H2,1-4H3/p+1. The van der Waals surface area contributed by atoms with Crippen LogP contribution in [0.15, 0.2) is 54.6 Å². The molecule has 1 unspecified atom stereocenters. The van der Waals surface area contributed by atoms with E-state index in [-0.39, 0.29) is 0 Å². The zero-order valence-corrected chi connectivity index (χ0v) is 21.6. The molecule has 3 rings (SSSR count). The van der Waals surface area contributed by atoms with Crippen LogP contribution in [-0.4, -0.2) is 4.89 Å². The van der Waals surface area contributed by atoms with Gasteiger partial charge in [0.15, 0.2) is 0 Å². The topological polar surface area (TPSA) is 37.3 Å². The van der Waals surface area contributed by atoms with Crippen LogP contribution in [0.4, 0.5) is 0 Å². The number of rotatable bonds is 11. The minimum atomic E-state index is -2.46. The molecule has 0 amide bonds. The summed E-state index contributed by atoms with van der Waals surface area (Å²) in [6.07, 6.45) is 9.34. The van der Waals surface area contributed by atoms with E-state index in [0.29, 0.717) is 5.30 Å². The highest BCUT2D eigenvalue weighted by atomic mass is 31.1. The van der Waals surface area contributed by atoms with Gasteiger partial charge in [0.25, 0.3) is 0 Å². The van der Waals surface area contributed by atoms with E-state index < -0.39 is 8.03 Å². The molecular formula is C30H38O2P+. The van der Waals surface area contributed by atoms with Crippen molar-refractivity contribution in [2.24, 2.45) is 0 Å². The fraction of sp³-hybridized carbons (Fsp3) is 0.400. The van der Waals surface area contributed by atoms with Crippen molar-refractivity contribution in [1.82, 2.24) is 0 Å². The molecule has 1 atom stereocenters. The van der Waals surface area contributed by atoms with Crippen LogP contribution in [0.3, 0.4) is 0 Å². The lowest BCUT2D eigenvalue weighted by Gasteiger charge is -2.18. The predicted octanol–water partition coefficient (Wildman–Crippen LogP) is 8.46. The second-order valence-corrected chi connectivity index (χ2v) is 10.1. The summed E-state index contributed by atoms with van der Waals surface area (Å²) in [6.45, 7) is 8.81. The average Bonchev–Trinajstić information content (AvgIpc) is 2.81. The Balaban J connectivity index is 2.17. The Morgan fingerprint density at radius 1 is 0.667 bits per heavy atom. The van der Waals surface area contributed by atoms with E-state index in [9.17, 15) is 9.46 Å². The first-order valence-electron chi connectivity index (χ1n) is 12.5. The number of unbranched alkanes of at least 4 members (excludes halogenated alkanes) is 4. The van der Waals surface area contributed by atoms with Crippen molar-refractivity contribution in [3.63, 3.8) is 0 Å². The number of hydrogen-bond donors (Lipinski definition) is 1. The molecule has 0 heterocycles. The van der Waals surface area contributed by atoms with E-state index in [4.69, 9.17) is 0 Å². The second kappa shape index (κ2) is 12.3. The molecule has 0 aliphatic heterocycles. The molecule has 0 aromatic heterocycles. The lowest BCUT2D eigenvalue weighted by molar-refractivity contribution is 0.513. The number of benzene rings is 3. The number of aryl methyl sites for hydroxylation is 2. The molecule has 0 saturated carbocycles. The third-order valence-electron chi connectivity index (χ3n) is 6.80. The molecular weight excluding hydrogens is 423 g/mol. The van der Waals surface area contributed by atoms with Gasteiger partial charge in [0.1, 0.15) is 0 Å². The molecule has 0 radical (unpaired) electrons. The van der Waals surface area contributed by atoms with Crippen LogP contribution in [0.2, 0.25) is 0 Å². The van der Waals surface area contributed by atoms with Crippen LogP contribution in [0.25, 0.3) is 22.3 Å². The van der Waals surface area contributed by atoms with E-state index in [0.717, 1.165) is 35.1 Å². The van der Waals surface area contributed by atoms with Crippen LogP contribution in [-0.2, 0) is 17.4 Å². The van der Waals surface area contributed by atoms with Crippen molar-refractivity contribution < 1.29 is 9.46 Å². The summed E-state index contributed by atoms with van der Waals surface area (Å²) >= 11 is 0. The summed E-state index contributed by atoms with van der Waals surface area (Å²) < 4.78 is 12.5. The van der Waals surface area contributed by atoms with Gasteiger partial charge in [0, 0.05) is 5.56 Å². The Bertz CT molecular complexity index is 1100. The lowest BCUT2D eigenvalue weighted by atomic mass is 9.86. The predicted molar refractivity (Wildman–Crippen MR) is 143 cm³/mol. The van der Waals surface area contributed by atoms with Gasteiger partial charge in [0.2, 0.25) is 5.30 Å². The van der Waals surface area contributed by atoms with E-state index in [1.807, 2.05) is 6.07 Å². The summed E-state index contributed by atoms with van der Waals surface area (Å²) in [5, 5.41) is 0.520. The SMILES string of the molecule is CCCCCc1cccc(-c2cccc([P+](=O)O)c2-c2cccc(CCCCC)c2C)c1C. The molecule has 3 aromatic rings. The first-order valence-corrected chi connectivity index (χ1v) is 13.7. The Hall–Kier alpha value is -2.28. The van der Waals surface area contributed by atoms with Crippen LogP contribution >= 0.6 is 8.03 Å². The van der Waals surface area contributed by atoms with Gasteiger partial charge in [-0.05, 0) is 89.1 Å². The summed E-state index contributed by atoms with van der Waals surface area (Å²) in [5.41, 5.74) is 9.39. The molecule has 3 heteroatoms. The molecule has 0 spiro atoms. The van der Waals surface area contributed by atoms with E-state index in [1.165, 1.54) is 60.8 Å². The zero-order valence-electron chi connectivity index (χ0n) is 20.7. The lowest BCUT2D eigenvalue weighted by Crippen LogP contribution is -2.07. The second-order valence-electron chi connectivity index (χ2n) is 9.07. The monoisotopic (exact) mass is 461 g/mol. The normalized spacial score (nSPS) is 11.6. The van der Waals surface area contributed by atoms with E-state index in [2.05, 4.69) is 70.2 Å². The largest absolute Gasteiger partial charge is 0.546 e. The van der Waals surface area contributed by atoms with Gasteiger partial charge in [-0.3, -0.25) is 0 Å². The summed E-state index contributed by atoms with van der Waals surface area (Å²) in [4.78, 5) is 10.2. The third-order valence-corrected chi connectivity index (χ3v) is 7.58. The third kappa shape index (κ3) is 5.99. The van der Waals surface area contributed by atoms with Crippen LogP contribution in [0.1, 0.15) is 74.6 Å². The van der Waals surface area contributed by atoms with Crippen molar-refractivity contribution in [3.05, 3.63) is 76.9 Å². The zero-order chi connectivity index (χ0) is 23.8. The average molecular weight is 462 g/mol. The molecule has 0 saturated heterocycles. The minimum Gasteiger partial charge on any atom is -0.156 e. The van der Waals surface area contributed by atoms with Gasteiger partial charge in [-0.1, -0.05) is 88.1 Å². The molecule has 2 nitrogen and oxygen atoms in total. The highest BCUT2D eigenvalue weighted by Crippen LogP contribution is 2.39. The van der Waals surface area contributed by atoms with Crippen LogP contribution in [0.5, 0.6) is 0 Å². The van der Waals surface area contributed by atoms with Gasteiger partial charge in [0.05, 0.1) is 0 Å². The highest BCUT2D eigenvalue weighted by Gasteiger charge is 2.27. The minimum absolute atomic E-state index is 0.520. The molecule has 174 valence electrons. The molecule has 0 fully saturated rings. The maximum Gasteiger partial charge on any atom is 0.546 e.